The second-order valence-corrected chi connectivity index (χ2v) is 6.46. The van der Waals surface area contributed by atoms with Crippen LogP contribution >= 0.6 is 0 Å². The molecule has 0 bridgehead atoms. The van der Waals surface area contributed by atoms with E-state index in [1.807, 2.05) is 12.1 Å². The molecule has 4 rings (SSSR count). The Hall–Kier alpha value is -3.26. The minimum Gasteiger partial charge on any atom is -0.298 e. The Labute approximate surface area is 153 Å². The van der Waals surface area contributed by atoms with Gasteiger partial charge in [-0.15, -0.1) is 0 Å². The van der Waals surface area contributed by atoms with Crippen molar-refractivity contribution in [2.45, 2.75) is 13.8 Å². The molecule has 0 aliphatic heterocycles. The number of aldehydes is 2. The first-order valence-electron chi connectivity index (χ1n) is 8.50. The average Bonchev–Trinajstić information content (AvgIpc) is 2.67. The fourth-order valence-corrected chi connectivity index (χ4v) is 2.91. The number of carbonyl (C=O) groups is 2. The van der Waals surface area contributed by atoms with Crippen LogP contribution in [-0.2, 0) is 0 Å². The summed E-state index contributed by atoms with van der Waals surface area (Å²) in [6.07, 6.45) is 1.63. The maximum Gasteiger partial charge on any atom is 0.150 e. The molecule has 0 atom stereocenters. The van der Waals surface area contributed by atoms with Gasteiger partial charge in [-0.1, -0.05) is 71.8 Å². The molecule has 4 aromatic rings. The van der Waals surface area contributed by atoms with E-state index in [-0.39, 0.29) is 0 Å². The molecule has 4 aromatic carbocycles. The molecule has 0 aromatic heterocycles. The highest BCUT2D eigenvalue weighted by atomic mass is 16.1. The third-order valence-electron chi connectivity index (χ3n) is 4.31. The number of carbonyl (C=O) groups excluding carboxylic acids is 2. The number of aryl methyl sites for hydroxylation is 2. The molecule has 0 unspecified atom stereocenters. The summed E-state index contributed by atoms with van der Waals surface area (Å²) in [4.78, 5) is 21.0. The third-order valence-corrected chi connectivity index (χ3v) is 4.31. The molecule has 0 heterocycles. The van der Waals surface area contributed by atoms with E-state index in [1.165, 1.54) is 21.9 Å². The van der Waals surface area contributed by atoms with Crippen molar-refractivity contribution in [1.29, 1.82) is 0 Å². The first-order valence-corrected chi connectivity index (χ1v) is 8.50. The van der Waals surface area contributed by atoms with Gasteiger partial charge >= 0.3 is 0 Å². The zero-order valence-electron chi connectivity index (χ0n) is 14.9. The largest absolute Gasteiger partial charge is 0.298 e. The van der Waals surface area contributed by atoms with E-state index in [2.05, 4.69) is 50.2 Å². The number of benzene rings is 4. The van der Waals surface area contributed by atoms with Gasteiger partial charge in [0.05, 0.1) is 0 Å². The first kappa shape index (κ1) is 17.6. The topological polar surface area (TPSA) is 34.1 Å². The lowest BCUT2D eigenvalue weighted by Gasteiger charge is -1.99. The molecule has 0 radical (unpaired) electrons. The Morgan fingerprint density at radius 2 is 0.846 bits per heavy atom. The van der Waals surface area contributed by atoms with Crippen LogP contribution in [0.15, 0.2) is 72.8 Å². The average molecular weight is 340 g/mol. The third kappa shape index (κ3) is 4.04. The quantitative estimate of drug-likeness (QED) is 0.424. The van der Waals surface area contributed by atoms with Crippen molar-refractivity contribution in [3.63, 3.8) is 0 Å². The lowest BCUT2D eigenvalue weighted by molar-refractivity contribution is 0.111. The Kier molecular flexibility index (Phi) is 5.23. The molecule has 26 heavy (non-hydrogen) atoms. The Bertz CT molecular complexity index is 1010. The highest BCUT2D eigenvalue weighted by Crippen LogP contribution is 2.17. The summed E-state index contributed by atoms with van der Waals surface area (Å²) in [6.45, 7) is 4.25. The Morgan fingerprint density at radius 1 is 0.500 bits per heavy atom. The molecule has 0 saturated heterocycles. The molecular formula is C24H20O2. The molecule has 0 aliphatic rings. The maximum atomic E-state index is 10.5. The number of hydrogen-bond donors (Lipinski definition) is 0. The SMILES string of the molecule is Cc1ccc2cc(C)ccc2c1.O=Cc1ccc2cc(C=O)ccc2c1. The Balaban J connectivity index is 0.000000152. The van der Waals surface area contributed by atoms with Crippen molar-refractivity contribution in [2.75, 3.05) is 0 Å². The molecule has 128 valence electrons. The maximum absolute atomic E-state index is 10.5. The number of fused-ring (bicyclic) bond motifs is 2. The highest BCUT2D eigenvalue weighted by molar-refractivity contribution is 5.92. The summed E-state index contributed by atoms with van der Waals surface area (Å²) in [6, 6.07) is 23.9. The van der Waals surface area contributed by atoms with Crippen LogP contribution in [0.2, 0.25) is 0 Å². The standard InChI is InChI=1S/C12H8O2.C12H12/c13-7-9-1-3-11-6-10(8-14)2-4-12(11)5-9;1-9-3-5-12-8-10(2)4-6-11(12)7-9/h1-8H;3-8H,1-2H3. The van der Waals surface area contributed by atoms with E-state index >= 15 is 0 Å². The summed E-state index contributed by atoms with van der Waals surface area (Å²) in [5.74, 6) is 0. The fraction of sp³-hybridized carbons (Fsp3) is 0.0833. The summed E-state index contributed by atoms with van der Waals surface area (Å²) in [7, 11) is 0. The zero-order valence-corrected chi connectivity index (χ0v) is 14.9. The summed E-state index contributed by atoms with van der Waals surface area (Å²) in [5.41, 5.74) is 3.95. The lowest BCUT2D eigenvalue weighted by Crippen LogP contribution is -1.82. The van der Waals surface area contributed by atoms with Crippen molar-refractivity contribution in [2.24, 2.45) is 0 Å². The molecule has 2 nitrogen and oxygen atoms in total. The molecule has 0 saturated carbocycles. The molecule has 0 spiro atoms. The van der Waals surface area contributed by atoms with E-state index < -0.39 is 0 Å². The molecule has 0 fully saturated rings. The first-order chi connectivity index (χ1) is 12.6. The molecule has 0 aliphatic carbocycles. The summed E-state index contributed by atoms with van der Waals surface area (Å²) in [5, 5.41) is 4.61. The van der Waals surface area contributed by atoms with Crippen molar-refractivity contribution in [3.8, 4) is 0 Å². The second-order valence-electron chi connectivity index (χ2n) is 6.46. The fourth-order valence-electron chi connectivity index (χ4n) is 2.91. The van der Waals surface area contributed by atoms with Crippen molar-refractivity contribution < 1.29 is 9.59 Å². The number of hydrogen-bond acceptors (Lipinski definition) is 2. The van der Waals surface area contributed by atoms with E-state index in [1.54, 1.807) is 24.3 Å². The van der Waals surface area contributed by atoms with Gasteiger partial charge in [0.2, 0.25) is 0 Å². The molecule has 0 N–H and O–H groups in total. The predicted octanol–water partition coefficient (Wildman–Crippen LogP) is 5.92. The normalized spacial score (nSPS) is 10.2. The van der Waals surface area contributed by atoms with Crippen LogP contribution in [-0.4, -0.2) is 12.6 Å². The van der Waals surface area contributed by atoms with Crippen LogP contribution in [0.25, 0.3) is 21.5 Å². The van der Waals surface area contributed by atoms with Crippen LogP contribution in [0.4, 0.5) is 0 Å². The highest BCUT2D eigenvalue weighted by Gasteiger charge is 1.97. The molecule has 0 amide bonds. The smallest absolute Gasteiger partial charge is 0.150 e. The van der Waals surface area contributed by atoms with Gasteiger partial charge in [0.25, 0.3) is 0 Å². The molecular weight excluding hydrogens is 320 g/mol. The molecule has 2 heteroatoms. The van der Waals surface area contributed by atoms with Gasteiger partial charge in [-0.05, 0) is 47.5 Å². The minimum atomic E-state index is 0.649. The van der Waals surface area contributed by atoms with E-state index in [4.69, 9.17) is 0 Å². The van der Waals surface area contributed by atoms with Crippen molar-refractivity contribution in [3.05, 3.63) is 95.1 Å². The minimum absolute atomic E-state index is 0.649. The number of rotatable bonds is 2. The van der Waals surface area contributed by atoms with Gasteiger partial charge in [-0.25, -0.2) is 0 Å². The second kappa shape index (κ2) is 7.75. The van der Waals surface area contributed by atoms with Crippen molar-refractivity contribution >= 4 is 34.1 Å². The van der Waals surface area contributed by atoms with Crippen LogP contribution in [0, 0.1) is 13.8 Å². The summed E-state index contributed by atoms with van der Waals surface area (Å²) < 4.78 is 0. The van der Waals surface area contributed by atoms with E-state index in [0.29, 0.717) is 11.1 Å². The van der Waals surface area contributed by atoms with Gasteiger partial charge in [-0.3, -0.25) is 9.59 Å². The zero-order chi connectivity index (χ0) is 18.5. The summed E-state index contributed by atoms with van der Waals surface area (Å²) >= 11 is 0. The van der Waals surface area contributed by atoms with Crippen LogP contribution in [0.3, 0.4) is 0 Å². The van der Waals surface area contributed by atoms with E-state index in [0.717, 1.165) is 23.3 Å². The monoisotopic (exact) mass is 340 g/mol. The van der Waals surface area contributed by atoms with Crippen LogP contribution in [0.1, 0.15) is 31.8 Å². The Morgan fingerprint density at radius 3 is 1.23 bits per heavy atom. The van der Waals surface area contributed by atoms with Gasteiger partial charge in [-0.2, -0.15) is 0 Å². The van der Waals surface area contributed by atoms with Crippen LogP contribution in [0.5, 0.6) is 0 Å². The van der Waals surface area contributed by atoms with Gasteiger partial charge in [0, 0.05) is 11.1 Å². The lowest BCUT2D eigenvalue weighted by atomic mass is 10.1. The van der Waals surface area contributed by atoms with Gasteiger partial charge in [0.15, 0.2) is 0 Å². The van der Waals surface area contributed by atoms with E-state index in [9.17, 15) is 9.59 Å². The van der Waals surface area contributed by atoms with Gasteiger partial charge in [0.1, 0.15) is 12.6 Å². The van der Waals surface area contributed by atoms with Crippen LogP contribution < -0.4 is 0 Å². The predicted molar refractivity (Wildman–Crippen MR) is 108 cm³/mol. The van der Waals surface area contributed by atoms with Crippen molar-refractivity contribution in [1.82, 2.24) is 0 Å². The van der Waals surface area contributed by atoms with Gasteiger partial charge < -0.3 is 0 Å².